The smallest absolute Gasteiger partial charge is 0.267 e. The summed E-state index contributed by atoms with van der Waals surface area (Å²) in [6.45, 7) is 2.74. The third-order valence-corrected chi connectivity index (χ3v) is 3.67. The molecule has 0 aliphatic carbocycles. The monoisotopic (exact) mass is 256 g/mol. The van der Waals surface area contributed by atoms with Crippen molar-refractivity contribution in [2.24, 2.45) is 7.05 Å². The van der Waals surface area contributed by atoms with Crippen LogP contribution in [0.25, 0.3) is 10.2 Å². The van der Waals surface area contributed by atoms with E-state index in [1.54, 1.807) is 0 Å². The summed E-state index contributed by atoms with van der Waals surface area (Å²) in [6.07, 6.45) is 0.941. The van der Waals surface area contributed by atoms with Crippen LogP contribution in [0.1, 0.15) is 23.8 Å². The first-order valence-corrected chi connectivity index (χ1v) is 6.36. The number of thiophene rings is 1. The first-order chi connectivity index (χ1) is 7.63. The maximum absolute atomic E-state index is 11.8. The van der Waals surface area contributed by atoms with E-state index in [0.717, 1.165) is 21.0 Å². The minimum Gasteiger partial charge on any atom is -0.351 e. The Balaban J connectivity index is 2.34. The van der Waals surface area contributed by atoms with Crippen molar-refractivity contribution >= 4 is 39.1 Å². The topological polar surface area (TPSA) is 34.0 Å². The van der Waals surface area contributed by atoms with Crippen molar-refractivity contribution in [3.8, 4) is 0 Å². The number of fused-ring (bicyclic) bond motifs is 1. The van der Waals surface area contributed by atoms with Gasteiger partial charge in [-0.1, -0.05) is 18.5 Å². The van der Waals surface area contributed by atoms with Crippen molar-refractivity contribution in [3.05, 3.63) is 22.2 Å². The van der Waals surface area contributed by atoms with Gasteiger partial charge in [-0.25, -0.2) is 0 Å². The third-order valence-electron chi connectivity index (χ3n) is 2.47. The van der Waals surface area contributed by atoms with Crippen LogP contribution in [0.2, 0.25) is 4.34 Å². The summed E-state index contributed by atoms with van der Waals surface area (Å²) < 4.78 is 3.68. The molecule has 1 N–H and O–H groups in total. The number of carbonyl (C=O) groups is 1. The number of aryl methyl sites for hydroxylation is 1. The number of nitrogens with zero attached hydrogens (tertiary/aromatic N) is 1. The van der Waals surface area contributed by atoms with Crippen LogP contribution in [0, 0.1) is 0 Å². The Bertz CT molecular complexity index is 529. The maximum Gasteiger partial charge on any atom is 0.267 e. The van der Waals surface area contributed by atoms with E-state index in [9.17, 15) is 4.79 Å². The third kappa shape index (κ3) is 1.95. The number of aromatic nitrogens is 1. The zero-order valence-corrected chi connectivity index (χ0v) is 10.8. The quantitative estimate of drug-likeness (QED) is 0.900. The van der Waals surface area contributed by atoms with Crippen LogP contribution in [0.15, 0.2) is 12.1 Å². The van der Waals surface area contributed by atoms with E-state index in [0.29, 0.717) is 12.2 Å². The molecule has 0 aromatic carbocycles. The molecular weight excluding hydrogens is 244 g/mol. The highest BCUT2D eigenvalue weighted by Crippen LogP contribution is 2.31. The van der Waals surface area contributed by atoms with E-state index in [1.807, 2.05) is 30.7 Å². The summed E-state index contributed by atoms with van der Waals surface area (Å²) in [6, 6.07) is 3.77. The normalized spacial score (nSPS) is 10.9. The van der Waals surface area contributed by atoms with E-state index in [1.165, 1.54) is 11.3 Å². The van der Waals surface area contributed by atoms with Gasteiger partial charge in [-0.2, -0.15) is 0 Å². The lowest BCUT2D eigenvalue weighted by molar-refractivity contribution is 0.0946. The average molecular weight is 257 g/mol. The molecule has 0 spiro atoms. The van der Waals surface area contributed by atoms with Crippen LogP contribution < -0.4 is 5.32 Å². The standard InChI is InChI=1S/C11H13ClN2OS/c1-3-4-13-11(15)8-5-9-7(14(8)2)6-10(12)16-9/h5-6H,3-4H2,1-2H3,(H,13,15). The maximum atomic E-state index is 11.8. The number of rotatable bonds is 3. The van der Waals surface area contributed by atoms with E-state index in [4.69, 9.17) is 11.6 Å². The Morgan fingerprint density at radius 1 is 1.56 bits per heavy atom. The second-order valence-electron chi connectivity index (χ2n) is 3.64. The molecule has 2 heterocycles. The van der Waals surface area contributed by atoms with Gasteiger partial charge in [-0.05, 0) is 18.6 Å². The highest BCUT2D eigenvalue weighted by atomic mass is 35.5. The van der Waals surface area contributed by atoms with E-state index < -0.39 is 0 Å². The molecule has 0 aliphatic heterocycles. The molecule has 0 fully saturated rings. The zero-order chi connectivity index (χ0) is 11.7. The van der Waals surface area contributed by atoms with E-state index in [2.05, 4.69) is 5.32 Å². The minimum atomic E-state index is -0.0242. The number of amides is 1. The van der Waals surface area contributed by atoms with Crippen LogP contribution in [0.3, 0.4) is 0 Å². The Kier molecular flexibility index (Phi) is 3.21. The summed E-state index contributed by atoms with van der Waals surface area (Å²) in [5, 5.41) is 2.87. The van der Waals surface area contributed by atoms with E-state index >= 15 is 0 Å². The molecule has 0 radical (unpaired) electrons. The van der Waals surface area contributed by atoms with Crippen LogP contribution in [0.4, 0.5) is 0 Å². The SMILES string of the molecule is CCCNC(=O)c1cc2sc(Cl)cc2n1C. The molecule has 0 saturated carbocycles. The Labute approximate surface area is 103 Å². The fourth-order valence-electron chi connectivity index (χ4n) is 1.63. The van der Waals surface area contributed by atoms with Gasteiger partial charge >= 0.3 is 0 Å². The molecule has 2 aromatic heterocycles. The van der Waals surface area contributed by atoms with Gasteiger partial charge in [0.1, 0.15) is 5.69 Å². The van der Waals surface area contributed by atoms with E-state index in [-0.39, 0.29) is 5.91 Å². The number of carbonyl (C=O) groups excluding carboxylic acids is 1. The number of hydrogen-bond acceptors (Lipinski definition) is 2. The molecule has 86 valence electrons. The number of hydrogen-bond donors (Lipinski definition) is 1. The number of nitrogens with one attached hydrogen (secondary N) is 1. The minimum absolute atomic E-state index is 0.0242. The molecule has 16 heavy (non-hydrogen) atoms. The molecule has 2 aromatic rings. The van der Waals surface area contributed by atoms with Gasteiger partial charge in [-0.15, -0.1) is 11.3 Å². The van der Waals surface area contributed by atoms with Crippen molar-refractivity contribution in [2.45, 2.75) is 13.3 Å². The van der Waals surface area contributed by atoms with Gasteiger partial charge in [0.15, 0.2) is 0 Å². The van der Waals surface area contributed by atoms with Crippen LogP contribution in [-0.2, 0) is 7.05 Å². The van der Waals surface area contributed by atoms with Crippen molar-refractivity contribution in [1.82, 2.24) is 9.88 Å². The summed E-state index contributed by atoms with van der Waals surface area (Å²) in [4.78, 5) is 11.8. The first kappa shape index (κ1) is 11.5. The van der Waals surface area contributed by atoms with Crippen molar-refractivity contribution in [3.63, 3.8) is 0 Å². The lowest BCUT2D eigenvalue weighted by Gasteiger charge is -2.04. The summed E-state index contributed by atoms with van der Waals surface area (Å²) in [5.74, 6) is -0.0242. The first-order valence-electron chi connectivity index (χ1n) is 5.16. The second kappa shape index (κ2) is 4.47. The Hall–Kier alpha value is -1.00. The molecule has 0 unspecified atom stereocenters. The van der Waals surface area contributed by atoms with Gasteiger partial charge < -0.3 is 9.88 Å². The molecule has 3 nitrogen and oxygen atoms in total. The molecule has 0 aliphatic rings. The zero-order valence-electron chi connectivity index (χ0n) is 9.21. The van der Waals surface area contributed by atoms with Crippen LogP contribution >= 0.6 is 22.9 Å². The summed E-state index contributed by atoms with van der Waals surface area (Å²) >= 11 is 7.41. The Morgan fingerprint density at radius 3 is 2.94 bits per heavy atom. The fraction of sp³-hybridized carbons (Fsp3) is 0.364. The molecule has 5 heteroatoms. The van der Waals surface area contributed by atoms with Gasteiger partial charge in [-0.3, -0.25) is 4.79 Å². The Morgan fingerprint density at radius 2 is 2.31 bits per heavy atom. The predicted octanol–water partition coefficient (Wildman–Crippen LogP) is 3.03. The van der Waals surface area contributed by atoms with Crippen LogP contribution in [-0.4, -0.2) is 17.0 Å². The van der Waals surface area contributed by atoms with Crippen molar-refractivity contribution in [2.75, 3.05) is 6.54 Å². The molecule has 0 bridgehead atoms. The van der Waals surface area contributed by atoms with Gasteiger partial charge in [0.25, 0.3) is 5.91 Å². The molecule has 2 rings (SSSR count). The lowest BCUT2D eigenvalue weighted by Crippen LogP contribution is -2.25. The highest BCUT2D eigenvalue weighted by molar-refractivity contribution is 7.22. The summed E-state index contributed by atoms with van der Waals surface area (Å²) in [5.41, 5.74) is 1.70. The largest absolute Gasteiger partial charge is 0.351 e. The van der Waals surface area contributed by atoms with Crippen molar-refractivity contribution in [1.29, 1.82) is 0 Å². The average Bonchev–Trinajstić information content (AvgIpc) is 2.74. The highest BCUT2D eigenvalue weighted by Gasteiger charge is 2.14. The van der Waals surface area contributed by atoms with Gasteiger partial charge in [0, 0.05) is 13.6 Å². The molecular formula is C11H13ClN2OS. The number of halogens is 1. The van der Waals surface area contributed by atoms with Crippen molar-refractivity contribution < 1.29 is 4.79 Å². The lowest BCUT2D eigenvalue weighted by atomic mass is 10.4. The molecule has 0 atom stereocenters. The van der Waals surface area contributed by atoms with Crippen LogP contribution in [0.5, 0.6) is 0 Å². The molecule has 1 amide bonds. The fourth-order valence-corrected chi connectivity index (χ4v) is 2.83. The molecule has 0 saturated heterocycles. The second-order valence-corrected chi connectivity index (χ2v) is 5.36. The predicted molar refractivity (Wildman–Crippen MR) is 68.4 cm³/mol. The van der Waals surface area contributed by atoms with Gasteiger partial charge in [0.2, 0.25) is 0 Å². The summed E-state index contributed by atoms with van der Waals surface area (Å²) in [7, 11) is 1.88. The van der Waals surface area contributed by atoms with Gasteiger partial charge in [0.05, 0.1) is 14.6 Å².